The van der Waals surface area contributed by atoms with Crippen molar-refractivity contribution in [3.8, 4) is 11.5 Å². The SMILES string of the molecule is COc1cc(/C=C2\SC(=O)N(Cc3ccc4ccccc4c3)C2=O)cc(Cl)c1OCC(=O)Nc1ccc(C)c(Cl)c1. The first-order valence-corrected chi connectivity index (χ1v) is 14.1. The molecule has 1 heterocycles. The summed E-state index contributed by atoms with van der Waals surface area (Å²) in [5.74, 6) is -0.359. The molecule has 0 saturated carbocycles. The van der Waals surface area contributed by atoms with Crippen LogP contribution in [-0.4, -0.2) is 35.7 Å². The third kappa shape index (κ3) is 6.51. The topological polar surface area (TPSA) is 84.9 Å². The molecule has 41 heavy (non-hydrogen) atoms. The monoisotopic (exact) mass is 606 g/mol. The number of aryl methyl sites for hydroxylation is 1. The second-order valence-corrected chi connectivity index (χ2v) is 11.1. The molecule has 1 N–H and O–H groups in total. The van der Waals surface area contributed by atoms with E-state index in [2.05, 4.69) is 5.32 Å². The molecule has 1 saturated heterocycles. The molecule has 0 aromatic heterocycles. The molecular weight excluding hydrogens is 583 g/mol. The Morgan fingerprint density at radius 3 is 2.51 bits per heavy atom. The number of fused-ring (bicyclic) bond motifs is 1. The fourth-order valence-electron chi connectivity index (χ4n) is 4.28. The minimum absolute atomic E-state index is 0.167. The summed E-state index contributed by atoms with van der Waals surface area (Å²) in [7, 11) is 1.44. The molecule has 0 spiro atoms. The van der Waals surface area contributed by atoms with Gasteiger partial charge in [-0.2, -0.15) is 0 Å². The van der Waals surface area contributed by atoms with Gasteiger partial charge in [0, 0.05) is 10.7 Å². The lowest BCUT2D eigenvalue weighted by Gasteiger charge is -2.14. The number of hydrogen-bond donors (Lipinski definition) is 1. The number of halogens is 2. The highest BCUT2D eigenvalue weighted by Crippen LogP contribution is 2.39. The molecule has 0 atom stereocenters. The van der Waals surface area contributed by atoms with Crippen molar-refractivity contribution in [3.63, 3.8) is 0 Å². The molecular formula is C31H24Cl2N2O5S. The van der Waals surface area contributed by atoms with E-state index in [0.29, 0.717) is 16.3 Å². The highest BCUT2D eigenvalue weighted by atomic mass is 35.5. The van der Waals surface area contributed by atoms with Gasteiger partial charge in [0.15, 0.2) is 18.1 Å². The number of methoxy groups -OCH3 is 1. The van der Waals surface area contributed by atoms with E-state index >= 15 is 0 Å². The molecule has 1 aliphatic heterocycles. The van der Waals surface area contributed by atoms with Crippen LogP contribution in [0.1, 0.15) is 16.7 Å². The number of carbonyl (C=O) groups is 3. The number of hydrogen-bond acceptors (Lipinski definition) is 6. The van der Waals surface area contributed by atoms with Crippen LogP contribution in [0.5, 0.6) is 11.5 Å². The average Bonchev–Trinajstić information content (AvgIpc) is 3.21. The molecule has 0 radical (unpaired) electrons. The lowest BCUT2D eigenvalue weighted by Crippen LogP contribution is -2.27. The number of carbonyl (C=O) groups excluding carboxylic acids is 3. The number of anilines is 1. The number of nitrogens with one attached hydrogen (secondary N) is 1. The Hall–Kier alpha value is -3.98. The van der Waals surface area contributed by atoms with Crippen LogP contribution in [0.25, 0.3) is 16.8 Å². The molecule has 4 aromatic rings. The maximum absolute atomic E-state index is 13.1. The molecule has 10 heteroatoms. The van der Waals surface area contributed by atoms with Crippen LogP contribution >= 0.6 is 35.0 Å². The summed E-state index contributed by atoms with van der Waals surface area (Å²) in [4.78, 5) is 39.8. The average molecular weight is 608 g/mol. The van der Waals surface area contributed by atoms with Crippen LogP contribution in [0.15, 0.2) is 77.7 Å². The van der Waals surface area contributed by atoms with Crippen molar-refractivity contribution < 1.29 is 23.9 Å². The van der Waals surface area contributed by atoms with Crippen molar-refractivity contribution in [1.29, 1.82) is 0 Å². The summed E-state index contributed by atoms with van der Waals surface area (Å²) in [5.41, 5.74) is 2.83. The standard InChI is InChI=1S/C31H24Cl2N2O5S/c1-18-7-10-23(15-24(18)32)34-28(36)17-40-29-25(33)12-20(13-26(29)39-2)14-27-30(37)35(31(38)41-27)16-19-8-9-21-5-3-4-6-22(21)11-19/h3-15H,16-17H2,1-2H3,(H,34,36)/b27-14-. The molecule has 5 rings (SSSR count). The Labute approximate surface area is 251 Å². The van der Waals surface area contributed by atoms with Crippen molar-refractivity contribution >= 4 is 74.6 Å². The highest BCUT2D eigenvalue weighted by Gasteiger charge is 2.35. The molecule has 0 bridgehead atoms. The van der Waals surface area contributed by atoms with Gasteiger partial charge in [-0.1, -0.05) is 65.7 Å². The maximum atomic E-state index is 13.1. The summed E-state index contributed by atoms with van der Waals surface area (Å²) >= 11 is 13.5. The van der Waals surface area contributed by atoms with Crippen molar-refractivity contribution in [2.45, 2.75) is 13.5 Å². The Balaban J connectivity index is 1.28. The summed E-state index contributed by atoms with van der Waals surface area (Å²) in [6.07, 6.45) is 1.58. The minimum atomic E-state index is -0.410. The van der Waals surface area contributed by atoms with Crippen LogP contribution in [-0.2, 0) is 16.1 Å². The van der Waals surface area contributed by atoms with E-state index in [0.717, 1.165) is 33.7 Å². The zero-order valence-corrected chi connectivity index (χ0v) is 24.4. The van der Waals surface area contributed by atoms with Gasteiger partial charge >= 0.3 is 0 Å². The smallest absolute Gasteiger partial charge is 0.293 e. The number of imide groups is 1. The third-order valence-electron chi connectivity index (χ3n) is 6.38. The summed E-state index contributed by atoms with van der Waals surface area (Å²) in [5, 5.41) is 5.20. The van der Waals surface area contributed by atoms with E-state index in [-0.39, 0.29) is 39.8 Å². The quantitative estimate of drug-likeness (QED) is 0.207. The third-order valence-corrected chi connectivity index (χ3v) is 7.98. The van der Waals surface area contributed by atoms with Crippen LogP contribution in [0.2, 0.25) is 10.0 Å². The predicted octanol–water partition coefficient (Wildman–Crippen LogP) is 7.72. The minimum Gasteiger partial charge on any atom is -0.493 e. The number of amides is 3. The molecule has 208 valence electrons. The van der Waals surface area contributed by atoms with Crippen molar-refractivity contribution in [1.82, 2.24) is 4.90 Å². The second kappa shape index (κ2) is 12.3. The normalized spacial score (nSPS) is 14.1. The number of rotatable bonds is 8. The van der Waals surface area contributed by atoms with E-state index in [4.69, 9.17) is 32.7 Å². The van der Waals surface area contributed by atoms with Crippen LogP contribution in [0, 0.1) is 6.92 Å². The van der Waals surface area contributed by atoms with Crippen LogP contribution in [0.3, 0.4) is 0 Å². The van der Waals surface area contributed by atoms with Gasteiger partial charge in [0.25, 0.3) is 17.1 Å². The number of thioether (sulfide) groups is 1. The van der Waals surface area contributed by atoms with E-state index < -0.39 is 11.8 Å². The fourth-order valence-corrected chi connectivity index (χ4v) is 5.57. The first-order chi connectivity index (χ1) is 19.7. The molecule has 1 fully saturated rings. The van der Waals surface area contributed by atoms with Crippen molar-refractivity contribution in [2.75, 3.05) is 19.0 Å². The summed E-state index contributed by atoms with van der Waals surface area (Å²) in [6, 6.07) is 22.2. The fraction of sp³-hybridized carbons (Fsp3) is 0.129. The zero-order chi connectivity index (χ0) is 29.1. The maximum Gasteiger partial charge on any atom is 0.293 e. The molecule has 4 aromatic carbocycles. The van der Waals surface area contributed by atoms with Gasteiger partial charge in [-0.05, 0) is 82.6 Å². The Morgan fingerprint density at radius 2 is 1.76 bits per heavy atom. The highest BCUT2D eigenvalue weighted by molar-refractivity contribution is 8.18. The van der Waals surface area contributed by atoms with Crippen molar-refractivity contribution in [3.05, 3.63) is 104 Å². The molecule has 3 amide bonds. The lowest BCUT2D eigenvalue weighted by molar-refractivity contribution is -0.123. The second-order valence-electron chi connectivity index (χ2n) is 9.28. The first kappa shape index (κ1) is 28.5. The largest absolute Gasteiger partial charge is 0.493 e. The van der Waals surface area contributed by atoms with Gasteiger partial charge in [0.05, 0.1) is 23.6 Å². The first-order valence-electron chi connectivity index (χ1n) is 12.5. The zero-order valence-electron chi connectivity index (χ0n) is 22.1. The summed E-state index contributed by atoms with van der Waals surface area (Å²) < 4.78 is 11.1. The van der Waals surface area contributed by atoms with Gasteiger partial charge in [-0.25, -0.2) is 0 Å². The number of benzene rings is 4. The summed E-state index contributed by atoms with van der Waals surface area (Å²) in [6.45, 7) is 1.71. The number of nitrogens with zero attached hydrogens (tertiary/aromatic N) is 1. The molecule has 1 aliphatic rings. The Kier molecular flexibility index (Phi) is 8.54. The van der Waals surface area contributed by atoms with Crippen LogP contribution in [0.4, 0.5) is 10.5 Å². The van der Waals surface area contributed by atoms with E-state index in [9.17, 15) is 14.4 Å². The van der Waals surface area contributed by atoms with Crippen molar-refractivity contribution in [2.24, 2.45) is 0 Å². The van der Waals surface area contributed by atoms with Gasteiger partial charge in [-0.15, -0.1) is 0 Å². The van der Waals surface area contributed by atoms with E-state index in [1.54, 1.807) is 36.4 Å². The molecule has 0 aliphatic carbocycles. The van der Waals surface area contributed by atoms with Gasteiger partial charge in [0.2, 0.25) is 0 Å². The van der Waals surface area contributed by atoms with E-state index in [1.165, 1.54) is 12.0 Å². The lowest BCUT2D eigenvalue weighted by atomic mass is 10.1. The molecule has 7 nitrogen and oxygen atoms in total. The number of ether oxygens (including phenoxy) is 2. The van der Waals surface area contributed by atoms with Gasteiger partial charge in [0.1, 0.15) is 0 Å². The van der Waals surface area contributed by atoms with Crippen LogP contribution < -0.4 is 14.8 Å². The Bertz CT molecular complexity index is 1720. The Morgan fingerprint density at radius 1 is 0.976 bits per heavy atom. The predicted molar refractivity (Wildman–Crippen MR) is 164 cm³/mol. The van der Waals surface area contributed by atoms with Gasteiger partial charge < -0.3 is 14.8 Å². The van der Waals surface area contributed by atoms with E-state index in [1.807, 2.05) is 49.4 Å². The van der Waals surface area contributed by atoms with Gasteiger partial charge in [-0.3, -0.25) is 19.3 Å². The molecule has 0 unspecified atom stereocenters.